The molecule has 0 aliphatic carbocycles. The molecule has 1 fully saturated rings. The van der Waals surface area contributed by atoms with Gasteiger partial charge in [-0.3, -0.25) is 9.59 Å². The number of benzene rings is 2. The molecule has 34 heavy (non-hydrogen) atoms. The Morgan fingerprint density at radius 2 is 1.71 bits per heavy atom. The van der Waals surface area contributed by atoms with Gasteiger partial charge in [-0.05, 0) is 62.4 Å². The van der Waals surface area contributed by atoms with Crippen molar-refractivity contribution in [3.63, 3.8) is 0 Å². The van der Waals surface area contributed by atoms with E-state index in [1.807, 2.05) is 36.9 Å². The van der Waals surface area contributed by atoms with Crippen LogP contribution in [0.1, 0.15) is 51.4 Å². The normalized spacial score (nSPS) is 16.7. The number of fused-ring (bicyclic) bond motifs is 1. The fraction of sp³-hybridized carbons (Fsp3) is 0.308. The number of ketones is 1. The van der Waals surface area contributed by atoms with E-state index in [0.29, 0.717) is 60.2 Å². The van der Waals surface area contributed by atoms with Crippen LogP contribution in [0.3, 0.4) is 0 Å². The predicted octanol–water partition coefficient (Wildman–Crippen LogP) is 5.13. The highest BCUT2D eigenvalue weighted by Gasteiger charge is 2.43. The Hall–Kier alpha value is -3.45. The fourth-order valence-corrected chi connectivity index (χ4v) is 4.82. The zero-order chi connectivity index (χ0) is 23.9. The molecule has 174 valence electrons. The highest BCUT2D eigenvalue weighted by molar-refractivity contribution is 6.31. The number of amides is 1. The minimum atomic E-state index is -0.561. The summed E-state index contributed by atoms with van der Waals surface area (Å²) in [5, 5.41) is 3.70. The van der Waals surface area contributed by atoms with Crippen molar-refractivity contribution < 1.29 is 14.3 Å². The molecule has 0 atom stereocenters. The van der Waals surface area contributed by atoms with E-state index in [0.717, 1.165) is 17.1 Å². The number of carbonyl (C=O) groups is 2. The standard InChI is InChI=1S/C26H25ClN4O3/c1-16-13-17(2)29-25(28-16)30-20-6-3-18(4-7-20)24(33)31-11-9-26(10-12-31)15-22(32)21-14-19(27)5-8-23(21)34-26/h3-8,13-14H,9-12,15H2,1-2H3,(H,28,29,30). The summed E-state index contributed by atoms with van der Waals surface area (Å²) in [6, 6.07) is 14.4. The van der Waals surface area contributed by atoms with Crippen molar-refractivity contribution in [3.05, 3.63) is 76.1 Å². The van der Waals surface area contributed by atoms with Gasteiger partial charge in [0.25, 0.3) is 5.91 Å². The van der Waals surface area contributed by atoms with E-state index >= 15 is 0 Å². The number of hydrogen-bond donors (Lipinski definition) is 1. The summed E-state index contributed by atoms with van der Waals surface area (Å²) < 4.78 is 6.27. The van der Waals surface area contributed by atoms with E-state index in [9.17, 15) is 9.59 Å². The van der Waals surface area contributed by atoms with E-state index < -0.39 is 5.60 Å². The van der Waals surface area contributed by atoms with Crippen LogP contribution in [-0.4, -0.2) is 45.2 Å². The largest absolute Gasteiger partial charge is 0.486 e. The Kier molecular flexibility index (Phi) is 5.73. The van der Waals surface area contributed by atoms with Crippen molar-refractivity contribution >= 4 is 34.9 Å². The number of rotatable bonds is 3. The van der Waals surface area contributed by atoms with Gasteiger partial charge in [0.05, 0.1) is 12.0 Å². The van der Waals surface area contributed by atoms with Crippen molar-refractivity contribution in [2.24, 2.45) is 0 Å². The van der Waals surface area contributed by atoms with Gasteiger partial charge in [-0.15, -0.1) is 0 Å². The third-order valence-corrected chi connectivity index (χ3v) is 6.62. The maximum absolute atomic E-state index is 13.1. The van der Waals surface area contributed by atoms with Gasteiger partial charge >= 0.3 is 0 Å². The first-order valence-corrected chi connectivity index (χ1v) is 11.7. The predicted molar refractivity (Wildman–Crippen MR) is 130 cm³/mol. The molecule has 7 nitrogen and oxygen atoms in total. The number of aryl methyl sites for hydroxylation is 2. The quantitative estimate of drug-likeness (QED) is 0.564. The molecular formula is C26H25ClN4O3. The van der Waals surface area contributed by atoms with Crippen LogP contribution >= 0.6 is 11.6 Å². The molecule has 3 aromatic rings. The molecule has 0 radical (unpaired) electrons. The van der Waals surface area contributed by atoms with E-state index in [1.165, 1.54) is 0 Å². The van der Waals surface area contributed by atoms with Gasteiger partial charge in [0.1, 0.15) is 11.4 Å². The van der Waals surface area contributed by atoms with Crippen LogP contribution < -0.4 is 10.1 Å². The molecule has 8 heteroatoms. The molecule has 2 aliphatic heterocycles. The van der Waals surface area contributed by atoms with Crippen LogP contribution in [0.2, 0.25) is 5.02 Å². The second-order valence-electron chi connectivity index (χ2n) is 8.99. The van der Waals surface area contributed by atoms with Crippen LogP contribution in [0, 0.1) is 13.8 Å². The van der Waals surface area contributed by atoms with Gasteiger partial charge in [-0.25, -0.2) is 9.97 Å². The smallest absolute Gasteiger partial charge is 0.253 e. The minimum absolute atomic E-state index is 0.0293. The maximum atomic E-state index is 13.1. The third kappa shape index (κ3) is 4.48. The Morgan fingerprint density at radius 3 is 2.38 bits per heavy atom. The van der Waals surface area contributed by atoms with Gasteiger partial charge in [0.2, 0.25) is 5.95 Å². The average Bonchev–Trinajstić information content (AvgIpc) is 2.80. The second kappa shape index (κ2) is 8.72. The number of hydrogen-bond acceptors (Lipinski definition) is 6. The first-order chi connectivity index (χ1) is 16.3. The number of ether oxygens (including phenoxy) is 1. The molecule has 3 heterocycles. The number of nitrogens with one attached hydrogen (secondary N) is 1. The summed E-state index contributed by atoms with van der Waals surface area (Å²) in [5.74, 6) is 1.12. The first-order valence-electron chi connectivity index (χ1n) is 11.3. The Labute approximate surface area is 203 Å². The molecule has 0 saturated carbocycles. The summed E-state index contributed by atoms with van der Waals surface area (Å²) in [7, 11) is 0. The fourth-order valence-electron chi connectivity index (χ4n) is 4.65. The summed E-state index contributed by atoms with van der Waals surface area (Å²) >= 11 is 6.03. The number of Topliss-reactive ketones (excluding diaryl/α,β-unsaturated/α-hetero) is 1. The molecule has 0 bridgehead atoms. The van der Waals surface area contributed by atoms with Crippen LogP contribution in [0.5, 0.6) is 5.75 Å². The zero-order valence-corrected chi connectivity index (χ0v) is 19.9. The Morgan fingerprint density at radius 1 is 1.03 bits per heavy atom. The molecule has 1 N–H and O–H groups in total. The lowest BCUT2D eigenvalue weighted by Crippen LogP contribution is -2.52. The van der Waals surface area contributed by atoms with E-state index in [4.69, 9.17) is 16.3 Å². The Balaban J connectivity index is 1.23. The molecule has 1 saturated heterocycles. The van der Waals surface area contributed by atoms with Crippen LogP contribution in [-0.2, 0) is 0 Å². The number of anilines is 2. The summed E-state index contributed by atoms with van der Waals surface area (Å²) in [5.41, 5.74) is 3.18. The van der Waals surface area contributed by atoms with Crippen molar-refractivity contribution in [1.82, 2.24) is 14.9 Å². The molecule has 5 rings (SSSR count). The summed E-state index contributed by atoms with van der Waals surface area (Å²) in [6.07, 6.45) is 1.52. The number of halogens is 1. The lowest BCUT2D eigenvalue weighted by Gasteiger charge is -2.44. The second-order valence-corrected chi connectivity index (χ2v) is 9.43. The van der Waals surface area contributed by atoms with E-state index in [2.05, 4.69) is 15.3 Å². The zero-order valence-electron chi connectivity index (χ0n) is 19.1. The number of piperidine rings is 1. The van der Waals surface area contributed by atoms with Crippen LogP contribution in [0.15, 0.2) is 48.5 Å². The molecular weight excluding hydrogens is 452 g/mol. The number of likely N-dealkylation sites (tertiary alicyclic amines) is 1. The summed E-state index contributed by atoms with van der Waals surface area (Å²) in [6.45, 7) is 4.91. The van der Waals surface area contributed by atoms with Crippen molar-refractivity contribution in [2.45, 2.75) is 38.7 Å². The van der Waals surface area contributed by atoms with E-state index in [1.54, 1.807) is 30.3 Å². The minimum Gasteiger partial charge on any atom is -0.486 e. The van der Waals surface area contributed by atoms with Gasteiger partial charge in [-0.2, -0.15) is 0 Å². The van der Waals surface area contributed by atoms with Crippen molar-refractivity contribution in [1.29, 1.82) is 0 Å². The maximum Gasteiger partial charge on any atom is 0.253 e. The molecule has 2 aliphatic rings. The van der Waals surface area contributed by atoms with Crippen molar-refractivity contribution in [2.75, 3.05) is 18.4 Å². The van der Waals surface area contributed by atoms with E-state index in [-0.39, 0.29) is 11.7 Å². The third-order valence-electron chi connectivity index (χ3n) is 6.38. The molecule has 1 aromatic heterocycles. The SMILES string of the molecule is Cc1cc(C)nc(Nc2ccc(C(=O)N3CCC4(CC3)CC(=O)c3cc(Cl)ccc3O4)cc2)n1. The average molecular weight is 477 g/mol. The summed E-state index contributed by atoms with van der Waals surface area (Å²) in [4.78, 5) is 36.4. The van der Waals surface area contributed by atoms with Crippen molar-refractivity contribution in [3.8, 4) is 5.75 Å². The number of carbonyl (C=O) groups excluding carboxylic acids is 2. The van der Waals surface area contributed by atoms with Gasteiger partial charge in [0.15, 0.2) is 5.78 Å². The van der Waals surface area contributed by atoms with Gasteiger partial charge in [-0.1, -0.05) is 11.6 Å². The Bertz CT molecular complexity index is 1250. The first kappa shape index (κ1) is 22.3. The van der Waals surface area contributed by atoms with Gasteiger partial charge in [0, 0.05) is 53.6 Å². The molecule has 2 aromatic carbocycles. The number of aromatic nitrogens is 2. The number of nitrogens with zero attached hydrogens (tertiary/aromatic N) is 3. The van der Waals surface area contributed by atoms with Crippen LogP contribution in [0.25, 0.3) is 0 Å². The lowest BCUT2D eigenvalue weighted by atomic mass is 9.82. The lowest BCUT2D eigenvalue weighted by molar-refractivity contribution is -0.00570. The monoisotopic (exact) mass is 476 g/mol. The molecule has 1 amide bonds. The highest BCUT2D eigenvalue weighted by Crippen LogP contribution is 2.40. The highest BCUT2D eigenvalue weighted by atomic mass is 35.5. The van der Waals surface area contributed by atoms with Crippen LogP contribution in [0.4, 0.5) is 11.6 Å². The van der Waals surface area contributed by atoms with Gasteiger partial charge < -0.3 is 15.0 Å². The molecule has 0 unspecified atom stereocenters. The topological polar surface area (TPSA) is 84.4 Å². The molecule has 1 spiro atoms.